The van der Waals surface area contributed by atoms with Crippen LogP contribution in [-0.4, -0.2) is 38.4 Å². The predicted octanol–water partition coefficient (Wildman–Crippen LogP) is 1.46. The van der Waals surface area contributed by atoms with Gasteiger partial charge >= 0.3 is 0 Å². The molecular weight excluding hydrogens is 262 g/mol. The average molecular weight is 282 g/mol. The second kappa shape index (κ2) is 6.32. The van der Waals surface area contributed by atoms with E-state index in [-0.39, 0.29) is 12.4 Å². The van der Waals surface area contributed by atoms with E-state index in [0.717, 1.165) is 31.1 Å². The molecule has 1 saturated heterocycles. The Kier molecular flexibility index (Phi) is 4.74. The molecule has 5 nitrogen and oxygen atoms in total. The molecule has 104 valence electrons. The van der Waals surface area contributed by atoms with Crippen molar-refractivity contribution in [1.29, 1.82) is 0 Å². The number of imidazole rings is 1. The van der Waals surface area contributed by atoms with Crippen molar-refractivity contribution in [2.24, 2.45) is 5.73 Å². The van der Waals surface area contributed by atoms with E-state index in [1.54, 1.807) is 6.20 Å². The summed E-state index contributed by atoms with van der Waals surface area (Å²) in [5, 5.41) is 0. The zero-order valence-corrected chi connectivity index (χ0v) is 11.7. The van der Waals surface area contributed by atoms with Crippen LogP contribution in [0.25, 0.3) is 5.78 Å². The first-order chi connectivity index (χ1) is 8.86. The molecule has 0 amide bonds. The molecule has 2 aromatic heterocycles. The van der Waals surface area contributed by atoms with Crippen LogP contribution >= 0.6 is 12.4 Å². The molecule has 1 fully saturated rings. The van der Waals surface area contributed by atoms with Gasteiger partial charge in [0.2, 0.25) is 5.78 Å². The van der Waals surface area contributed by atoms with Gasteiger partial charge in [0.1, 0.15) is 0 Å². The number of hydrogen-bond donors (Lipinski definition) is 1. The Bertz CT molecular complexity index is 493. The molecule has 0 aromatic carbocycles. The van der Waals surface area contributed by atoms with Crippen molar-refractivity contribution in [3.63, 3.8) is 0 Å². The molecule has 0 bridgehead atoms. The molecule has 3 heterocycles. The van der Waals surface area contributed by atoms with Crippen molar-refractivity contribution in [3.8, 4) is 0 Å². The molecule has 2 aromatic rings. The third kappa shape index (κ3) is 3.05. The summed E-state index contributed by atoms with van der Waals surface area (Å²) >= 11 is 0. The number of likely N-dealkylation sites (tertiary alicyclic amines) is 1. The fourth-order valence-corrected chi connectivity index (χ4v) is 2.70. The largest absolute Gasteiger partial charge is 0.329 e. The molecule has 0 radical (unpaired) electrons. The van der Waals surface area contributed by atoms with Gasteiger partial charge in [0.05, 0.1) is 5.69 Å². The fraction of sp³-hybridized carbons (Fsp3) is 0.538. The van der Waals surface area contributed by atoms with Gasteiger partial charge in [0.15, 0.2) is 0 Å². The average Bonchev–Trinajstić information content (AvgIpc) is 2.81. The van der Waals surface area contributed by atoms with E-state index in [1.807, 2.05) is 16.7 Å². The fourth-order valence-electron chi connectivity index (χ4n) is 2.70. The van der Waals surface area contributed by atoms with Gasteiger partial charge < -0.3 is 5.73 Å². The van der Waals surface area contributed by atoms with Gasteiger partial charge in [-0.1, -0.05) is 6.42 Å². The van der Waals surface area contributed by atoms with E-state index in [1.165, 1.54) is 19.3 Å². The van der Waals surface area contributed by atoms with Crippen LogP contribution in [0.3, 0.4) is 0 Å². The topological polar surface area (TPSA) is 59.5 Å². The summed E-state index contributed by atoms with van der Waals surface area (Å²) in [5.74, 6) is 0.772. The highest BCUT2D eigenvalue weighted by molar-refractivity contribution is 5.85. The Labute approximate surface area is 119 Å². The summed E-state index contributed by atoms with van der Waals surface area (Å²) in [4.78, 5) is 11.2. The molecule has 1 unspecified atom stereocenters. The van der Waals surface area contributed by atoms with Crippen molar-refractivity contribution in [1.82, 2.24) is 19.3 Å². The standard InChI is InChI=1S/C13H19N5.ClH/c14-8-12-4-1-2-6-17(12)9-11-10-18-7-3-5-15-13(18)16-11;/h3,5,7,10,12H,1-2,4,6,8-9,14H2;1H. The number of nitrogens with two attached hydrogens (primary N) is 1. The number of fused-ring (bicyclic) bond motifs is 1. The highest BCUT2D eigenvalue weighted by Crippen LogP contribution is 2.18. The van der Waals surface area contributed by atoms with Crippen LogP contribution in [0.5, 0.6) is 0 Å². The summed E-state index contributed by atoms with van der Waals surface area (Å²) in [6.45, 7) is 2.75. The molecular formula is C13H20ClN5. The Balaban J connectivity index is 0.00000133. The molecule has 1 aliphatic rings. The minimum absolute atomic E-state index is 0. The van der Waals surface area contributed by atoms with Crippen LogP contribution in [-0.2, 0) is 6.54 Å². The molecule has 3 rings (SSSR count). The Morgan fingerprint density at radius 2 is 2.26 bits per heavy atom. The third-order valence-electron chi connectivity index (χ3n) is 3.67. The summed E-state index contributed by atoms with van der Waals surface area (Å²) in [6.07, 6.45) is 9.59. The monoisotopic (exact) mass is 281 g/mol. The van der Waals surface area contributed by atoms with Crippen LogP contribution in [0.2, 0.25) is 0 Å². The van der Waals surface area contributed by atoms with Crippen molar-refractivity contribution in [3.05, 3.63) is 30.4 Å². The number of piperidine rings is 1. The van der Waals surface area contributed by atoms with E-state index in [9.17, 15) is 0 Å². The van der Waals surface area contributed by atoms with E-state index in [0.29, 0.717) is 6.04 Å². The molecule has 19 heavy (non-hydrogen) atoms. The van der Waals surface area contributed by atoms with Crippen molar-refractivity contribution >= 4 is 18.2 Å². The van der Waals surface area contributed by atoms with Gasteiger partial charge in [-0.15, -0.1) is 12.4 Å². The lowest BCUT2D eigenvalue weighted by Gasteiger charge is -2.34. The maximum absolute atomic E-state index is 5.84. The van der Waals surface area contributed by atoms with Gasteiger partial charge in [0.25, 0.3) is 0 Å². The Morgan fingerprint density at radius 3 is 3.05 bits per heavy atom. The molecule has 0 spiro atoms. The first-order valence-electron chi connectivity index (χ1n) is 6.59. The number of nitrogens with zero attached hydrogens (tertiary/aromatic N) is 4. The van der Waals surface area contributed by atoms with E-state index >= 15 is 0 Å². The predicted molar refractivity (Wildman–Crippen MR) is 77.3 cm³/mol. The molecule has 0 aliphatic carbocycles. The normalized spacial score (nSPS) is 20.4. The second-order valence-corrected chi connectivity index (χ2v) is 4.91. The minimum atomic E-state index is 0. The van der Waals surface area contributed by atoms with Gasteiger partial charge in [-0.3, -0.25) is 9.30 Å². The lowest BCUT2D eigenvalue weighted by molar-refractivity contribution is 0.143. The van der Waals surface area contributed by atoms with Crippen LogP contribution in [0.1, 0.15) is 25.0 Å². The number of aromatic nitrogens is 3. The van der Waals surface area contributed by atoms with Gasteiger partial charge in [-0.2, -0.15) is 0 Å². The van der Waals surface area contributed by atoms with E-state index in [4.69, 9.17) is 5.73 Å². The number of rotatable bonds is 3. The van der Waals surface area contributed by atoms with Crippen LogP contribution in [0, 0.1) is 0 Å². The van der Waals surface area contributed by atoms with Crippen LogP contribution in [0.4, 0.5) is 0 Å². The smallest absolute Gasteiger partial charge is 0.233 e. The molecule has 1 aliphatic heterocycles. The quantitative estimate of drug-likeness (QED) is 0.925. The molecule has 2 N–H and O–H groups in total. The summed E-state index contributed by atoms with van der Waals surface area (Å²) < 4.78 is 1.97. The SMILES string of the molecule is Cl.NCC1CCCCN1Cc1cn2cccnc2n1. The van der Waals surface area contributed by atoms with Gasteiger partial charge in [0, 0.05) is 37.7 Å². The van der Waals surface area contributed by atoms with Crippen LogP contribution in [0.15, 0.2) is 24.7 Å². The third-order valence-corrected chi connectivity index (χ3v) is 3.67. The minimum Gasteiger partial charge on any atom is -0.329 e. The number of halogens is 1. The maximum atomic E-state index is 5.84. The lowest BCUT2D eigenvalue weighted by atomic mass is 10.0. The Hall–Kier alpha value is -1.17. The highest BCUT2D eigenvalue weighted by atomic mass is 35.5. The van der Waals surface area contributed by atoms with Gasteiger partial charge in [-0.25, -0.2) is 9.97 Å². The molecule has 6 heteroatoms. The molecule has 1 atom stereocenters. The van der Waals surface area contributed by atoms with Gasteiger partial charge in [-0.05, 0) is 25.5 Å². The van der Waals surface area contributed by atoms with Crippen LogP contribution < -0.4 is 5.73 Å². The van der Waals surface area contributed by atoms with E-state index in [2.05, 4.69) is 21.1 Å². The highest BCUT2D eigenvalue weighted by Gasteiger charge is 2.21. The first-order valence-corrected chi connectivity index (χ1v) is 6.59. The summed E-state index contributed by atoms with van der Waals surface area (Å²) in [5.41, 5.74) is 6.92. The summed E-state index contributed by atoms with van der Waals surface area (Å²) in [6, 6.07) is 2.43. The number of hydrogen-bond acceptors (Lipinski definition) is 4. The zero-order valence-electron chi connectivity index (χ0n) is 10.9. The summed E-state index contributed by atoms with van der Waals surface area (Å²) in [7, 11) is 0. The molecule has 0 saturated carbocycles. The lowest BCUT2D eigenvalue weighted by Crippen LogP contribution is -2.43. The first kappa shape index (κ1) is 14.2. The Morgan fingerprint density at radius 1 is 1.37 bits per heavy atom. The maximum Gasteiger partial charge on any atom is 0.233 e. The van der Waals surface area contributed by atoms with Crippen molar-refractivity contribution in [2.75, 3.05) is 13.1 Å². The second-order valence-electron chi connectivity index (χ2n) is 4.91. The van der Waals surface area contributed by atoms with Crippen molar-refractivity contribution < 1.29 is 0 Å². The van der Waals surface area contributed by atoms with E-state index < -0.39 is 0 Å². The van der Waals surface area contributed by atoms with Crippen molar-refractivity contribution in [2.45, 2.75) is 31.8 Å². The zero-order chi connectivity index (χ0) is 12.4.